The molecule has 25 heavy (non-hydrogen) atoms. The third kappa shape index (κ3) is 3.02. The highest BCUT2D eigenvalue weighted by Gasteiger charge is 2.28. The molecule has 2 aromatic rings. The fraction of sp³-hybridized carbons (Fsp3) is 0.389. The normalized spacial score (nSPS) is 18.8. The van der Waals surface area contributed by atoms with Gasteiger partial charge in [-0.3, -0.25) is 20.4 Å². The summed E-state index contributed by atoms with van der Waals surface area (Å²) in [6.07, 6.45) is 3.79. The van der Waals surface area contributed by atoms with Gasteiger partial charge in [0.2, 0.25) is 0 Å². The number of hydrogen-bond acceptors (Lipinski definition) is 4. The van der Waals surface area contributed by atoms with Crippen molar-refractivity contribution in [1.29, 1.82) is 0 Å². The van der Waals surface area contributed by atoms with Crippen LogP contribution in [0.15, 0.2) is 30.3 Å². The number of nitrogens with one attached hydrogen (secondary N) is 2. The fourth-order valence-electron chi connectivity index (χ4n) is 3.45. The third-order valence-electron chi connectivity index (χ3n) is 4.67. The van der Waals surface area contributed by atoms with E-state index in [2.05, 4.69) is 16.0 Å². The molecule has 2 heterocycles. The van der Waals surface area contributed by atoms with Crippen molar-refractivity contribution in [3.63, 3.8) is 0 Å². The Morgan fingerprint density at radius 1 is 1.12 bits per heavy atom. The van der Waals surface area contributed by atoms with Gasteiger partial charge in [0, 0.05) is 17.9 Å². The van der Waals surface area contributed by atoms with Crippen LogP contribution in [-0.2, 0) is 22.4 Å². The van der Waals surface area contributed by atoms with E-state index in [1.165, 1.54) is 0 Å². The van der Waals surface area contributed by atoms with Gasteiger partial charge in [-0.15, -0.1) is 0 Å². The first-order valence-electron chi connectivity index (χ1n) is 8.62. The van der Waals surface area contributed by atoms with Crippen molar-refractivity contribution in [1.82, 2.24) is 20.6 Å². The van der Waals surface area contributed by atoms with Gasteiger partial charge in [-0.25, -0.2) is 4.68 Å². The molecule has 0 radical (unpaired) electrons. The lowest BCUT2D eigenvalue weighted by atomic mass is 10.2. The lowest BCUT2D eigenvalue weighted by Gasteiger charge is -2.11. The largest absolute Gasteiger partial charge is 0.368 e. The van der Waals surface area contributed by atoms with Gasteiger partial charge in [0.1, 0.15) is 6.10 Å². The molecule has 1 fully saturated rings. The summed E-state index contributed by atoms with van der Waals surface area (Å²) in [6, 6.07) is 9.76. The minimum Gasteiger partial charge on any atom is -0.368 e. The van der Waals surface area contributed by atoms with Crippen LogP contribution in [0.5, 0.6) is 0 Å². The van der Waals surface area contributed by atoms with Crippen molar-refractivity contribution in [2.45, 2.75) is 38.2 Å². The molecule has 1 atom stereocenters. The Morgan fingerprint density at radius 3 is 2.72 bits per heavy atom. The van der Waals surface area contributed by atoms with Crippen LogP contribution < -0.4 is 10.9 Å². The highest BCUT2D eigenvalue weighted by molar-refractivity contribution is 5.95. The van der Waals surface area contributed by atoms with Crippen molar-refractivity contribution in [2.24, 2.45) is 0 Å². The van der Waals surface area contributed by atoms with Gasteiger partial charge in [0.05, 0.1) is 5.69 Å². The maximum Gasteiger partial charge on any atom is 0.290 e. The summed E-state index contributed by atoms with van der Waals surface area (Å²) in [5.41, 5.74) is 8.27. The Morgan fingerprint density at radius 2 is 1.96 bits per heavy atom. The Hall–Kier alpha value is -2.67. The summed E-state index contributed by atoms with van der Waals surface area (Å²) >= 11 is 0. The molecule has 1 aromatic heterocycles. The number of fused-ring (bicyclic) bond motifs is 1. The van der Waals surface area contributed by atoms with Gasteiger partial charge in [0.25, 0.3) is 11.8 Å². The molecule has 4 rings (SSSR count). The number of aromatic nitrogens is 2. The standard InChI is InChI=1S/C18H20N4O3/c23-17(15-10-5-11-25-15)19-20-18(24)16-13-8-4-9-14(13)22(21-16)12-6-2-1-3-7-12/h1-3,6-7,15H,4-5,8-11H2,(H,19,23)(H,20,24)/t15-/m1/s1. The maximum absolute atomic E-state index is 12.5. The van der Waals surface area contributed by atoms with Crippen LogP contribution in [0, 0.1) is 0 Å². The number of ether oxygens (including phenoxy) is 1. The second-order valence-corrected chi connectivity index (χ2v) is 6.32. The van der Waals surface area contributed by atoms with Crippen LogP contribution in [0.4, 0.5) is 0 Å². The molecular formula is C18H20N4O3. The number of hydrogen-bond donors (Lipinski definition) is 2. The van der Waals surface area contributed by atoms with Crippen LogP contribution in [0.2, 0.25) is 0 Å². The Bertz CT molecular complexity index is 794. The zero-order valence-electron chi connectivity index (χ0n) is 13.8. The van der Waals surface area contributed by atoms with Crippen molar-refractivity contribution < 1.29 is 14.3 Å². The monoisotopic (exact) mass is 340 g/mol. The third-order valence-corrected chi connectivity index (χ3v) is 4.67. The molecule has 7 heteroatoms. The van der Waals surface area contributed by atoms with E-state index in [4.69, 9.17) is 4.74 Å². The van der Waals surface area contributed by atoms with Gasteiger partial charge >= 0.3 is 0 Å². The zero-order valence-corrected chi connectivity index (χ0v) is 13.8. The first-order chi connectivity index (χ1) is 12.2. The first-order valence-corrected chi connectivity index (χ1v) is 8.62. The number of hydrazine groups is 1. The zero-order chi connectivity index (χ0) is 17.2. The smallest absolute Gasteiger partial charge is 0.290 e. The number of nitrogens with zero attached hydrogens (tertiary/aromatic N) is 2. The molecule has 1 aliphatic heterocycles. The lowest BCUT2D eigenvalue weighted by Crippen LogP contribution is -2.46. The van der Waals surface area contributed by atoms with Gasteiger partial charge in [-0.1, -0.05) is 18.2 Å². The average molecular weight is 340 g/mol. The van der Waals surface area contributed by atoms with E-state index in [0.29, 0.717) is 18.7 Å². The second kappa shape index (κ2) is 6.68. The molecule has 130 valence electrons. The molecule has 1 aliphatic carbocycles. The van der Waals surface area contributed by atoms with Crippen LogP contribution >= 0.6 is 0 Å². The second-order valence-electron chi connectivity index (χ2n) is 6.32. The predicted molar refractivity (Wildman–Crippen MR) is 90.2 cm³/mol. The molecule has 0 unspecified atom stereocenters. The quantitative estimate of drug-likeness (QED) is 0.825. The Labute approximate surface area is 145 Å². The summed E-state index contributed by atoms with van der Waals surface area (Å²) in [4.78, 5) is 24.5. The summed E-state index contributed by atoms with van der Waals surface area (Å²) in [6.45, 7) is 0.584. The van der Waals surface area contributed by atoms with Gasteiger partial charge < -0.3 is 4.74 Å². The SMILES string of the molecule is O=C(NNC(=O)[C@H]1CCCO1)c1nn(-c2ccccc2)c2c1CCC2. The summed E-state index contributed by atoms with van der Waals surface area (Å²) in [5.74, 6) is -0.704. The van der Waals surface area contributed by atoms with Gasteiger partial charge in [-0.05, 0) is 44.2 Å². The molecule has 1 aromatic carbocycles. The van der Waals surface area contributed by atoms with E-state index in [-0.39, 0.29) is 11.8 Å². The molecular weight excluding hydrogens is 320 g/mol. The van der Waals surface area contributed by atoms with Crippen LogP contribution in [-0.4, -0.2) is 34.3 Å². The van der Waals surface area contributed by atoms with Crippen LogP contribution in [0.1, 0.15) is 41.0 Å². The number of rotatable bonds is 3. The van der Waals surface area contributed by atoms with E-state index in [0.717, 1.165) is 42.6 Å². The van der Waals surface area contributed by atoms with Crippen molar-refractivity contribution >= 4 is 11.8 Å². The summed E-state index contributed by atoms with van der Waals surface area (Å²) in [7, 11) is 0. The van der Waals surface area contributed by atoms with E-state index in [9.17, 15) is 9.59 Å². The Balaban J connectivity index is 1.52. The number of benzene rings is 1. The van der Waals surface area contributed by atoms with E-state index >= 15 is 0 Å². The number of carbonyl (C=O) groups excluding carboxylic acids is 2. The highest BCUT2D eigenvalue weighted by atomic mass is 16.5. The summed E-state index contributed by atoms with van der Waals surface area (Å²) < 4.78 is 7.14. The maximum atomic E-state index is 12.5. The van der Waals surface area contributed by atoms with Crippen LogP contribution in [0.25, 0.3) is 5.69 Å². The molecule has 0 bridgehead atoms. The minimum absolute atomic E-state index is 0.315. The first kappa shape index (κ1) is 15.8. The van der Waals surface area contributed by atoms with E-state index in [1.54, 1.807) is 0 Å². The van der Waals surface area contributed by atoms with E-state index < -0.39 is 6.10 Å². The minimum atomic E-state index is -0.479. The van der Waals surface area contributed by atoms with Crippen molar-refractivity contribution in [3.8, 4) is 5.69 Å². The number of para-hydroxylation sites is 1. The van der Waals surface area contributed by atoms with Gasteiger partial charge in [0.15, 0.2) is 5.69 Å². The average Bonchev–Trinajstić information content (AvgIpc) is 3.37. The fourth-order valence-corrected chi connectivity index (χ4v) is 3.45. The molecule has 2 N–H and O–H groups in total. The summed E-state index contributed by atoms with van der Waals surface area (Å²) in [5, 5.41) is 4.50. The molecule has 2 amide bonds. The van der Waals surface area contributed by atoms with E-state index in [1.807, 2.05) is 35.0 Å². The van der Waals surface area contributed by atoms with Gasteiger partial charge in [-0.2, -0.15) is 5.10 Å². The highest BCUT2D eigenvalue weighted by Crippen LogP contribution is 2.27. The number of carbonyl (C=O) groups is 2. The van der Waals surface area contributed by atoms with Crippen LogP contribution in [0.3, 0.4) is 0 Å². The predicted octanol–water partition coefficient (Wildman–Crippen LogP) is 1.30. The molecule has 2 aliphatic rings. The topological polar surface area (TPSA) is 85.2 Å². The molecule has 0 saturated carbocycles. The Kier molecular flexibility index (Phi) is 4.23. The number of amides is 2. The molecule has 1 saturated heterocycles. The molecule has 0 spiro atoms. The molecule has 7 nitrogen and oxygen atoms in total. The van der Waals surface area contributed by atoms with Crippen molar-refractivity contribution in [3.05, 3.63) is 47.3 Å². The lowest BCUT2D eigenvalue weighted by molar-refractivity contribution is -0.130. The van der Waals surface area contributed by atoms with Crippen molar-refractivity contribution in [2.75, 3.05) is 6.61 Å².